The third-order valence-corrected chi connectivity index (χ3v) is 2.62. The van der Waals surface area contributed by atoms with Gasteiger partial charge in [-0.05, 0) is 18.3 Å². The highest BCUT2D eigenvalue weighted by molar-refractivity contribution is 5.86. The Bertz CT molecular complexity index is 276. The van der Waals surface area contributed by atoms with Crippen LogP contribution < -0.4 is 5.32 Å². The molecule has 1 rings (SSSR count). The average molecular weight is 229 g/mol. The van der Waals surface area contributed by atoms with Crippen LogP contribution in [0.2, 0.25) is 0 Å². The molecule has 0 radical (unpaired) electrons. The number of nitrogens with one attached hydrogen (secondary N) is 1. The molecule has 0 saturated carbocycles. The molecule has 5 heteroatoms. The summed E-state index contributed by atoms with van der Waals surface area (Å²) in [5, 5.41) is 11.6. The summed E-state index contributed by atoms with van der Waals surface area (Å²) in [6.07, 6.45) is 1.04. The van der Waals surface area contributed by atoms with E-state index in [4.69, 9.17) is 9.84 Å². The summed E-state index contributed by atoms with van der Waals surface area (Å²) >= 11 is 0. The Morgan fingerprint density at radius 2 is 2.06 bits per heavy atom. The van der Waals surface area contributed by atoms with Crippen LogP contribution in [0.5, 0.6) is 0 Å². The minimum Gasteiger partial charge on any atom is -0.480 e. The van der Waals surface area contributed by atoms with E-state index in [1.807, 2.05) is 0 Å². The lowest BCUT2D eigenvalue weighted by molar-refractivity contribution is -0.146. The van der Waals surface area contributed by atoms with E-state index >= 15 is 0 Å². The third-order valence-electron chi connectivity index (χ3n) is 2.62. The molecule has 1 aliphatic rings. The van der Waals surface area contributed by atoms with Gasteiger partial charge in [0.25, 0.3) is 0 Å². The summed E-state index contributed by atoms with van der Waals surface area (Å²) in [5.41, 5.74) is -0.514. The number of hydrogen-bond donors (Lipinski definition) is 2. The van der Waals surface area contributed by atoms with E-state index in [9.17, 15) is 9.59 Å². The van der Waals surface area contributed by atoms with Crippen LogP contribution in [0, 0.1) is 5.41 Å². The summed E-state index contributed by atoms with van der Waals surface area (Å²) in [6.45, 7) is 5.91. The number of rotatable bonds is 3. The SMILES string of the molecule is CC(C)(C)[C@H](NC(=O)C1CCCO1)C(=O)O. The van der Waals surface area contributed by atoms with Gasteiger partial charge in [0.05, 0.1) is 0 Å². The second kappa shape index (κ2) is 4.82. The van der Waals surface area contributed by atoms with E-state index in [0.29, 0.717) is 13.0 Å². The van der Waals surface area contributed by atoms with Gasteiger partial charge < -0.3 is 15.2 Å². The van der Waals surface area contributed by atoms with Crippen molar-refractivity contribution in [3.63, 3.8) is 0 Å². The zero-order valence-electron chi connectivity index (χ0n) is 9.95. The lowest BCUT2D eigenvalue weighted by Gasteiger charge is -2.28. The van der Waals surface area contributed by atoms with Crippen molar-refractivity contribution in [3.05, 3.63) is 0 Å². The molecule has 0 bridgehead atoms. The molecule has 1 unspecified atom stereocenters. The third kappa shape index (κ3) is 3.20. The van der Waals surface area contributed by atoms with Crippen molar-refractivity contribution in [1.82, 2.24) is 5.32 Å². The first-order valence-corrected chi connectivity index (χ1v) is 5.47. The molecular weight excluding hydrogens is 210 g/mol. The Morgan fingerprint density at radius 1 is 1.44 bits per heavy atom. The molecule has 1 aliphatic heterocycles. The fourth-order valence-electron chi connectivity index (χ4n) is 1.67. The van der Waals surface area contributed by atoms with Crippen LogP contribution in [0.1, 0.15) is 33.6 Å². The second-order valence-electron chi connectivity index (χ2n) is 5.15. The van der Waals surface area contributed by atoms with Crippen molar-refractivity contribution < 1.29 is 19.4 Å². The summed E-state index contributed by atoms with van der Waals surface area (Å²) in [7, 11) is 0. The van der Waals surface area contributed by atoms with Crippen LogP contribution in [-0.2, 0) is 14.3 Å². The van der Waals surface area contributed by atoms with E-state index in [1.54, 1.807) is 20.8 Å². The van der Waals surface area contributed by atoms with E-state index in [0.717, 1.165) is 6.42 Å². The largest absolute Gasteiger partial charge is 0.480 e. The van der Waals surface area contributed by atoms with Gasteiger partial charge in [-0.15, -0.1) is 0 Å². The lowest BCUT2D eigenvalue weighted by Crippen LogP contribution is -2.51. The number of ether oxygens (including phenoxy) is 1. The first-order valence-electron chi connectivity index (χ1n) is 5.47. The molecule has 2 atom stereocenters. The second-order valence-corrected chi connectivity index (χ2v) is 5.15. The highest BCUT2D eigenvalue weighted by Gasteiger charge is 2.35. The quantitative estimate of drug-likeness (QED) is 0.750. The number of amides is 1. The molecule has 0 aliphatic carbocycles. The molecule has 1 saturated heterocycles. The number of carbonyl (C=O) groups excluding carboxylic acids is 1. The molecule has 2 N–H and O–H groups in total. The minimum absolute atomic E-state index is 0.320. The summed E-state index contributed by atoms with van der Waals surface area (Å²) in [4.78, 5) is 22.7. The molecule has 1 heterocycles. The summed E-state index contributed by atoms with van der Waals surface area (Å²) < 4.78 is 5.20. The van der Waals surface area contributed by atoms with Gasteiger partial charge >= 0.3 is 5.97 Å². The first-order chi connectivity index (χ1) is 7.32. The molecule has 1 fully saturated rings. The minimum atomic E-state index is -1.01. The average Bonchev–Trinajstić information content (AvgIpc) is 2.63. The van der Waals surface area contributed by atoms with Crippen molar-refractivity contribution in [1.29, 1.82) is 0 Å². The van der Waals surface area contributed by atoms with Crippen LogP contribution in [-0.4, -0.2) is 35.7 Å². The highest BCUT2D eigenvalue weighted by atomic mass is 16.5. The topological polar surface area (TPSA) is 75.6 Å². The molecular formula is C11H19NO4. The fourth-order valence-corrected chi connectivity index (χ4v) is 1.67. The molecule has 0 aromatic heterocycles. The Hall–Kier alpha value is -1.10. The van der Waals surface area contributed by atoms with Crippen molar-refractivity contribution in [2.24, 2.45) is 5.41 Å². The van der Waals surface area contributed by atoms with Crippen molar-refractivity contribution >= 4 is 11.9 Å². The first kappa shape index (κ1) is 13.0. The molecule has 0 aromatic carbocycles. The predicted molar refractivity (Wildman–Crippen MR) is 58.0 cm³/mol. The molecule has 1 amide bonds. The van der Waals surface area contributed by atoms with Crippen LogP contribution in [0.4, 0.5) is 0 Å². The van der Waals surface area contributed by atoms with Gasteiger partial charge in [-0.1, -0.05) is 20.8 Å². The van der Waals surface area contributed by atoms with Crippen LogP contribution in [0.15, 0.2) is 0 Å². The Balaban J connectivity index is 2.61. The highest BCUT2D eigenvalue weighted by Crippen LogP contribution is 2.20. The van der Waals surface area contributed by atoms with Crippen LogP contribution in [0.25, 0.3) is 0 Å². The lowest BCUT2D eigenvalue weighted by atomic mass is 9.86. The number of hydrogen-bond acceptors (Lipinski definition) is 3. The molecule has 0 spiro atoms. The summed E-state index contributed by atoms with van der Waals surface area (Å²) in [6, 6.07) is -0.885. The van der Waals surface area contributed by atoms with Crippen molar-refractivity contribution in [2.45, 2.75) is 45.8 Å². The maximum Gasteiger partial charge on any atom is 0.326 e. The molecule has 5 nitrogen and oxygen atoms in total. The van der Waals surface area contributed by atoms with Gasteiger partial charge in [0.1, 0.15) is 12.1 Å². The Labute approximate surface area is 95.2 Å². The molecule has 92 valence electrons. The van der Waals surface area contributed by atoms with Crippen molar-refractivity contribution in [3.8, 4) is 0 Å². The summed E-state index contributed by atoms with van der Waals surface area (Å²) in [5.74, 6) is -1.33. The van der Waals surface area contributed by atoms with Gasteiger partial charge in [-0.2, -0.15) is 0 Å². The number of carboxylic acids is 1. The van der Waals surface area contributed by atoms with E-state index in [1.165, 1.54) is 0 Å². The normalized spacial score (nSPS) is 22.8. The monoisotopic (exact) mass is 229 g/mol. The van der Waals surface area contributed by atoms with Gasteiger partial charge in [0, 0.05) is 6.61 Å². The van der Waals surface area contributed by atoms with E-state index in [-0.39, 0.29) is 5.91 Å². The van der Waals surface area contributed by atoms with Gasteiger partial charge in [0.15, 0.2) is 0 Å². The standard InChI is InChI=1S/C11H19NO4/c1-11(2,3)8(10(14)15)12-9(13)7-5-4-6-16-7/h7-8H,4-6H2,1-3H3,(H,12,13)(H,14,15)/t7?,8-/m1/s1. The van der Waals surface area contributed by atoms with Crippen LogP contribution in [0.3, 0.4) is 0 Å². The van der Waals surface area contributed by atoms with E-state index < -0.39 is 23.5 Å². The smallest absolute Gasteiger partial charge is 0.326 e. The maximum atomic E-state index is 11.7. The Morgan fingerprint density at radius 3 is 2.44 bits per heavy atom. The van der Waals surface area contributed by atoms with E-state index in [2.05, 4.69) is 5.32 Å². The number of aliphatic carboxylic acids is 1. The molecule has 16 heavy (non-hydrogen) atoms. The predicted octanol–water partition coefficient (Wildman–Crippen LogP) is 0.781. The van der Waals surface area contributed by atoms with Gasteiger partial charge in [-0.3, -0.25) is 4.79 Å². The van der Waals surface area contributed by atoms with Crippen LogP contribution >= 0.6 is 0 Å². The van der Waals surface area contributed by atoms with Gasteiger partial charge in [-0.25, -0.2) is 4.79 Å². The number of carboxylic acid groups (broad SMARTS) is 1. The maximum absolute atomic E-state index is 11.7. The molecule has 0 aromatic rings. The zero-order valence-corrected chi connectivity index (χ0v) is 9.95. The fraction of sp³-hybridized carbons (Fsp3) is 0.818. The van der Waals surface area contributed by atoms with Crippen molar-refractivity contribution in [2.75, 3.05) is 6.61 Å². The number of carbonyl (C=O) groups is 2. The zero-order chi connectivity index (χ0) is 12.3. The van der Waals surface area contributed by atoms with Gasteiger partial charge in [0.2, 0.25) is 5.91 Å². The Kier molecular flexibility index (Phi) is 3.91.